The highest BCUT2D eigenvalue weighted by atomic mass is 16.5. The largest absolute Gasteiger partial charge is 0.490 e. The minimum absolute atomic E-state index is 0.00370. The molecule has 0 aliphatic heterocycles. The summed E-state index contributed by atoms with van der Waals surface area (Å²) in [4.78, 5) is 11.8. The Morgan fingerprint density at radius 3 is 2.62 bits per heavy atom. The van der Waals surface area contributed by atoms with Crippen LogP contribution in [0.2, 0.25) is 0 Å². The summed E-state index contributed by atoms with van der Waals surface area (Å²) in [6.07, 6.45) is 0.0802. The third-order valence-electron chi connectivity index (χ3n) is 2.92. The van der Waals surface area contributed by atoms with Crippen LogP contribution in [-0.2, 0) is 11.2 Å². The zero-order valence-electron chi connectivity index (χ0n) is 13.3. The van der Waals surface area contributed by atoms with E-state index in [0.717, 1.165) is 5.56 Å². The lowest BCUT2D eigenvalue weighted by atomic mass is 10.1. The Bertz CT molecular complexity index is 461. The summed E-state index contributed by atoms with van der Waals surface area (Å²) in [5.41, 5.74) is 6.83. The molecule has 0 fully saturated rings. The van der Waals surface area contributed by atoms with Crippen molar-refractivity contribution in [1.29, 1.82) is 0 Å². The fourth-order valence-corrected chi connectivity index (χ4v) is 2.02. The Morgan fingerprint density at radius 1 is 1.33 bits per heavy atom. The van der Waals surface area contributed by atoms with E-state index in [9.17, 15) is 4.79 Å². The average molecular weight is 294 g/mol. The van der Waals surface area contributed by atoms with Crippen molar-refractivity contribution < 1.29 is 14.3 Å². The summed E-state index contributed by atoms with van der Waals surface area (Å²) in [7, 11) is 0. The molecule has 1 aromatic rings. The van der Waals surface area contributed by atoms with Gasteiger partial charge < -0.3 is 20.5 Å². The summed E-state index contributed by atoms with van der Waals surface area (Å²) < 4.78 is 11.5. The zero-order chi connectivity index (χ0) is 15.8. The molecular formula is C16H26N2O3. The van der Waals surface area contributed by atoms with Gasteiger partial charge in [0.2, 0.25) is 0 Å². The van der Waals surface area contributed by atoms with Crippen molar-refractivity contribution in [2.45, 2.75) is 46.3 Å². The molecule has 2 atom stereocenters. The highest BCUT2D eigenvalue weighted by molar-refractivity contribution is 5.80. The van der Waals surface area contributed by atoms with E-state index < -0.39 is 6.10 Å². The van der Waals surface area contributed by atoms with E-state index in [4.69, 9.17) is 15.2 Å². The van der Waals surface area contributed by atoms with Gasteiger partial charge >= 0.3 is 0 Å². The third kappa shape index (κ3) is 5.27. The van der Waals surface area contributed by atoms with Crippen molar-refractivity contribution in [2.24, 2.45) is 5.73 Å². The van der Waals surface area contributed by atoms with Crippen molar-refractivity contribution in [3.05, 3.63) is 23.8 Å². The van der Waals surface area contributed by atoms with Crippen molar-refractivity contribution in [2.75, 3.05) is 13.2 Å². The first-order chi connectivity index (χ1) is 9.99. The summed E-state index contributed by atoms with van der Waals surface area (Å²) in [6, 6.07) is 5.70. The fourth-order valence-electron chi connectivity index (χ4n) is 2.02. The topological polar surface area (TPSA) is 73.6 Å². The predicted octanol–water partition coefficient (Wildman–Crippen LogP) is 1.88. The van der Waals surface area contributed by atoms with Crippen LogP contribution in [-0.4, -0.2) is 31.2 Å². The van der Waals surface area contributed by atoms with Crippen LogP contribution in [0.1, 0.15) is 33.3 Å². The van der Waals surface area contributed by atoms with Gasteiger partial charge in [0.25, 0.3) is 5.91 Å². The Hall–Kier alpha value is -1.75. The lowest BCUT2D eigenvalue weighted by Crippen LogP contribution is -2.36. The zero-order valence-corrected chi connectivity index (χ0v) is 13.3. The van der Waals surface area contributed by atoms with Crippen LogP contribution in [0.4, 0.5) is 0 Å². The van der Waals surface area contributed by atoms with Crippen molar-refractivity contribution >= 4 is 5.91 Å². The maximum absolute atomic E-state index is 11.8. The second-order valence-corrected chi connectivity index (χ2v) is 5.01. The van der Waals surface area contributed by atoms with Crippen LogP contribution in [0.25, 0.3) is 0 Å². The molecule has 118 valence electrons. The average Bonchev–Trinajstić information content (AvgIpc) is 2.42. The van der Waals surface area contributed by atoms with E-state index in [-0.39, 0.29) is 11.9 Å². The number of benzene rings is 1. The molecule has 0 aliphatic carbocycles. The maximum Gasteiger partial charge on any atom is 0.260 e. The number of para-hydroxylation sites is 1. The number of nitrogens with two attached hydrogens (primary N) is 1. The van der Waals surface area contributed by atoms with E-state index in [1.54, 1.807) is 6.92 Å². The highest BCUT2D eigenvalue weighted by Crippen LogP contribution is 2.33. The van der Waals surface area contributed by atoms with Crippen LogP contribution in [0.5, 0.6) is 11.5 Å². The van der Waals surface area contributed by atoms with Crippen LogP contribution in [0.3, 0.4) is 0 Å². The number of rotatable bonds is 8. The molecule has 1 rings (SSSR count). The first-order valence-corrected chi connectivity index (χ1v) is 7.44. The van der Waals surface area contributed by atoms with E-state index >= 15 is 0 Å². The van der Waals surface area contributed by atoms with Gasteiger partial charge in [0.15, 0.2) is 17.6 Å². The van der Waals surface area contributed by atoms with Crippen LogP contribution in [0, 0.1) is 0 Å². The minimum atomic E-state index is -0.585. The smallest absolute Gasteiger partial charge is 0.260 e. The molecule has 1 amide bonds. The van der Waals surface area contributed by atoms with E-state index in [2.05, 4.69) is 5.32 Å². The quantitative estimate of drug-likeness (QED) is 0.768. The van der Waals surface area contributed by atoms with Crippen LogP contribution >= 0.6 is 0 Å². The number of carbonyl (C=O) groups is 1. The van der Waals surface area contributed by atoms with Crippen LogP contribution in [0.15, 0.2) is 18.2 Å². The lowest BCUT2D eigenvalue weighted by molar-refractivity contribution is -0.127. The third-order valence-corrected chi connectivity index (χ3v) is 2.92. The van der Waals surface area contributed by atoms with Gasteiger partial charge in [0.1, 0.15) is 0 Å². The number of hydrogen-bond acceptors (Lipinski definition) is 4. The summed E-state index contributed by atoms with van der Waals surface area (Å²) >= 11 is 0. The number of carbonyl (C=O) groups excluding carboxylic acids is 1. The van der Waals surface area contributed by atoms with E-state index in [1.165, 1.54) is 0 Å². The number of hydrogen-bond donors (Lipinski definition) is 2. The second-order valence-electron chi connectivity index (χ2n) is 5.01. The molecule has 0 aliphatic rings. The predicted molar refractivity (Wildman–Crippen MR) is 83.7 cm³/mol. The summed E-state index contributed by atoms with van der Waals surface area (Å²) in [5.74, 6) is 1.11. The molecule has 5 heteroatoms. The molecule has 0 spiro atoms. The van der Waals surface area contributed by atoms with Crippen molar-refractivity contribution in [1.82, 2.24) is 5.32 Å². The second kappa shape index (κ2) is 8.52. The Balaban J connectivity index is 3.02. The SMILES string of the molecule is CCNC(=O)C(C)Oc1c(CC(C)N)cccc1OCC. The van der Waals surface area contributed by atoms with Crippen LogP contribution < -0.4 is 20.5 Å². The van der Waals surface area contributed by atoms with Gasteiger partial charge in [0, 0.05) is 12.6 Å². The van der Waals surface area contributed by atoms with E-state index in [1.807, 2.05) is 39.0 Å². The van der Waals surface area contributed by atoms with Gasteiger partial charge in [-0.05, 0) is 45.7 Å². The first kappa shape index (κ1) is 17.3. The lowest BCUT2D eigenvalue weighted by Gasteiger charge is -2.20. The summed E-state index contributed by atoms with van der Waals surface area (Å²) in [5, 5.41) is 2.75. The number of ether oxygens (including phenoxy) is 2. The standard InChI is InChI=1S/C16H26N2O3/c1-5-18-16(19)12(4)21-15-13(10-11(3)17)8-7-9-14(15)20-6-2/h7-9,11-12H,5-6,10,17H2,1-4H3,(H,18,19). The van der Waals surface area contributed by atoms with Crippen molar-refractivity contribution in [3.63, 3.8) is 0 Å². The van der Waals surface area contributed by atoms with Gasteiger partial charge in [0.05, 0.1) is 6.61 Å². The van der Waals surface area contributed by atoms with Gasteiger partial charge in [-0.15, -0.1) is 0 Å². The molecule has 0 aromatic heterocycles. The van der Waals surface area contributed by atoms with Gasteiger partial charge in [-0.25, -0.2) is 0 Å². The molecule has 0 bridgehead atoms. The number of likely N-dealkylation sites (N-methyl/N-ethyl adjacent to an activating group) is 1. The number of nitrogens with one attached hydrogen (secondary N) is 1. The molecule has 21 heavy (non-hydrogen) atoms. The first-order valence-electron chi connectivity index (χ1n) is 7.44. The van der Waals surface area contributed by atoms with E-state index in [0.29, 0.717) is 31.1 Å². The minimum Gasteiger partial charge on any atom is -0.490 e. The van der Waals surface area contributed by atoms with Crippen molar-refractivity contribution in [3.8, 4) is 11.5 Å². The highest BCUT2D eigenvalue weighted by Gasteiger charge is 2.19. The molecule has 0 heterocycles. The molecule has 2 unspecified atom stereocenters. The normalized spacial score (nSPS) is 13.4. The van der Waals surface area contributed by atoms with Gasteiger partial charge in [-0.2, -0.15) is 0 Å². The fraction of sp³-hybridized carbons (Fsp3) is 0.562. The molecule has 5 nitrogen and oxygen atoms in total. The molecule has 0 radical (unpaired) electrons. The summed E-state index contributed by atoms with van der Waals surface area (Å²) in [6.45, 7) is 8.56. The molecule has 0 saturated heterocycles. The number of amides is 1. The monoisotopic (exact) mass is 294 g/mol. The Morgan fingerprint density at radius 2 is 2.05 bits per heavy atom. The molecule has 0 saturated carbocycles. The van der Waals surface area contributed by atoms with Gasteiger partial charge in [-0.3, -0.25) is 4.79 Å². The molecule has 3 N–H and O–H groups in total. The molecule has 1 aromatic carbocycles. The maximum atomic E-state index is 11.8. The Labute approximate surface area is 126 Å². The Kier molecular flexibility index (Phi) is 7.02. The van der Waals surface area contributed by atoms with Gasteiger partial charge in [-0.1, -0.05) is 12.1 Å². The molecular weight excluding hydrogens is 268 g/mol.